The van der Waals surface area contributed by atoms with Gasteiger partial charge in [-0.1, -0.05) is 6.07 Å². The van der Waals surface area contributed by atoms with Crippen molar-refractivity contribution < 1.29 is 4.74 Å². The van der Waals surface area contributed by atoms with Crippen molar-refractivity contribution in [2.24, 2.45) is 7.05 Å². The van der Waals surface area contributed by atoms with Gasteiger partial charge >= 0.3 is 0 Å². The van der Waals surface area contributed by atoms with Crippen molar-refractivity contribution in [2.45, 2.75) is 6.04 Å². The summed E-state index contributed by atoms with van der Waals surface area (Å²) in [6.07, 6.45) is 2.23. The fraction of sp³-hybridized carbons (Fsp3) is 0.467. The molecule has 0 bridgehead atoms. The lowest BCUT2D eigenvalue weighted by Gasteiger charge is -2.31. The van der Waals surface area contributed by atoms with Crippen molar-refractivity contribution in [3.63, 3.8) is 0 Å². The molecule has 0 aliphatic carbocycles. The first-order chi connectivity index (χ1) is 9.20. The van der Waals surface area contributed by atoms with Crippen LogP contribution in [-0.2, 0) is 7.05 Å². The highest BCUT2D eigenvalue weighted by atomic mass is 16.5. The number of aromatic nitrogens is 1. The first kappa shape index (κ1) is 12.5. The van der Waals surface area contributed by atoms with Gasteiger partial charge in [-0.2, -0.15) is 0 Å². The number of benzene rings is 1. The average molecular weight is 259 g/mol. The zero-order valence-corrected chi connectivity index (χ0v) is 11.8. The molecule has 1 fully saturated rings. The smallest absolute Gasteiger partial charge is 0.128 e. The Morgan fingerprint density at radius 2 is 2.16 bits per heavy atom. The van der Waals surface area contributed by atoms with Gasteiger partial charge < -0.3 is 19.5 Å². The van der Waals surface area contributed by atoms with Crippen LogP contribution in [0.3, 0.4) is 0 Å². The number of piperazine rings is 1. The van der Waals surface area contributed by atoms with Gasteiger partial charge in [0.2, 0.25) is 0 Å². The van der Waals surface area contributed by atoms with Crippen molar-refractivity contribution in [3.8, 4) is 5.75 Å². The van der Waals surface area contributed by atoms with E-state index in [0.717, 1.165) is 25.4 Å². The first-order valence-electron chi connectivity index (χ1n) is 6.74. The summed E-state index contributed by atoms with van der Waals surface area (Å²) in [5, 5.41) is 4.85. The molecule has 2 heterocycles. The van der Waals surface area contributed by atoms with Crippen LogP contribution in [0.15, 0.2) is 24.4 Å². The number of rotatable bonds is 2. The zero-order chi connectivity index (χ0) is 13.4. The Hall–Kier alpha value is -1.52. The Balaban J connectivity index is 2.12. The van der Waals surface area contributed by atoms with Gasteiger partial charge in [0.15, 0.2) is 0 Å². The maximum absolute atomic E-state index is 5.54. The Morgan fingerprint density at radius 1 is 1.32 bits per heavy atom. The molecule has 1 N–H and O–H groups in total. The van der Waals surface area contributed by atoms with Crippen LogP contribution in [0.1, 0.15) is 11.6 Å². The summed E-state index contributed by atoms with van der Waals surface area (Å²) >= 11 is 0. The third-order valence-electron chi connectivity index (χ3n) is 3.98. The summed E-state index contributed by atoms with van der Waals surface area (Å²) in [6, 6.07) is 6.61. The standard InChI is InChI=1S/C15H21N3O/c1-17-8-7-16-12(10-17)11-9-18(2)13-5-4-6-14(19-3)15(11)13/h4-6,9,12,16H,7-8,10H2,1-3H3. The molecule has 3 rings (SSSR count). The number of aryl methyl sites for hydroxylation is 1. The Kier molecular flexibility index (Phi) is 3.21. The van der Waals surface area contributed by atoms with Crippen molar-refractivity contribution in [1.29, 1.82) is 0 Å². The van der Waals surface area contributed by atoms with E-state index in [2.05, 4.69) is 41.1 Å². The summed E-state index contributed by atoms with van der Waals surface area (Å²) < 4.78 is 7.73. The average Bonchev–Trinajstić information content (AvgIpc) is 2.76. The van der Waals surface area contributed by atoms with Crippen LogP contribution in [-0.4, -0.2) is 43.3 Å². The molecule has 19 heavy (non-hydrogen) atoms. The number of nitrogens with one attached hydrogen (secondary N) is 1. The van der Waals surface area contributed by atoms with Gasteiger partial charge in [-0.25, -0.2) is 0 Å². The molecule has 1 aromatic carbocycles. The minimum Gasteiger partial charge on any atom is -0.496 e. The van der Waals surface area contributed by atoms with Crippen LogP contribution < -0.4 is 10.1 Å². The maximum atomic E-state index is 5.54. The normalized spacial score (nSPS) is 20.9. The van der Waals surface area contributed by atoms with E-state index in [0.29, 0.717) is 6.04 Å². The van der Waals surface area contributed by atoms with Crippen molar-refractivity contribution >= 4 is 10.9 Å². The number of hydrogen-bond donors (Lipinski definition) is 1. The maximum Gasteiger partial charge on any atom is 0.128 e. The van der Waals surface area contributed by atoms with Crippen LogP contribution in [0, 0.1) is 0 Å². The summed E-state index contributed by atoms with van der Waals surface area (Å²) in [4.78, 5) is 2.37. The van der Waals surface area contributed by atoms with Gasteiger partial charge in [0.05, 0.1) is 12.6 Å². The number of ether oxygens (including phenoxy) is 1. The molecule has 102 valence electrons. The Morgan fingerprint density at radius 3 is 2.89 bits per heavy atom. The van der Waals surface area contributed by atoms with Crippen molar-refractivity contribution in [2.75, 3.05) is 33.8 Å². The van der Waals surface area contributed by atoms with Gasteiger partial charge in [-0.3, -0.25) is 0 Å². The van der Waals surface area contributed by atoms with Gasteiger partial charge in [-0.15, -0.1) is 0 Å². The number of hydrogen-bond acceptors (Lipinski definition) is 3. The molecule has 1 unspecified atom stereocenters. The predicted octanol–water partition coefficient (Wildman–Crippen LogP) is 1.76. The molecule has 1 saturated heterocycles. The van der Waals surface area contributed by atoms with E-state index >= 15 is 0 Å². The molecular formula is C15H21N3O. The summed E-state index contributed by atoms with van der Waals surface area (Å²) in [7, 11) is 6.01. The molecule has 1 aromatic heterocycles. The number of methoxy groups -OCH3 is 1. The molecule has 0 spiro atoms. The Bertz CT molecular complexity index is 590. The van der Waals surface area contributed by atoms with E-state index in [-0.39, 0.29) is 0 Å². The van der Waals surface area contributed by atoms with Crippen LogP contribution in [0.5, 0.6) is 5.75 Å². The summed E-state index contributed by atoms with van der Waals surface area (Å²) in [5.41, 5.74) is 2.56. The Labute approximate surface area is 114 Å². The van der Waals surface area contributed by atoms with Crippen LogP contribution in [0.25, 0.3) is 10.9 Å². The van der Waals surface area contributed by atoms with Crippen molar-refractivity contribution in [1.82, 2.24) is 14.8 Å². The van der Waals surface area contributed by atoms with Gasteiger partial charge in [-0.05, 0) is 24.7 Å². The van der Waals surface area contributed by atoms with Gasteiger partial charge in [0.1, 0.15) is 5.75 Å². The van der Waals surface area contributed by atoms with Crippen molar-refractivity contribution in [3.05, 3.63) is 30.0 Å². The summed E-state index contributed by atoms with van der Waals surface area (Å²) in [5.74, 6) is 0.961. The first-order valence-corrected chi connectivity index (χ1v) is 6.74. The lowest BCUT2D eigenvalue weighted by Crippen LogP contribution is -2.43. The molecule has 0 amide bonds. The topological polar surface area (TPSA) is 29.4 Å². The summed E-state index contributed by atoms with van der Waals surface area (Å²) in [6.45, 7) is 3.18. The highest BCUT2D eigenvalue weighted by Crippen LogP contribution is 2.34. The molecule has 1 aliphatic heterocycles. The van der Waals surface area contributed by atoms with E-state index in [1.807, 2.05) is 12.1 Å². The minimum atomic E-state index is 0.374. The van der Waals surface area contributed by atoms with E-state index < -0.39 is 0 Å². The third kappa shape index (κ3) is 2.11. The molecular weight excluding hydrogens is 238 g/mol. The zero-order valence-electron chi connectivity index (χ0n) is 11.8. The predicted molar refractivity (Wildman–Crippen MR) is 77.7 cm³/mol. The fourth-order valence-corrected chi connectivity index (χ4v) is 2.99. The third-order valence-corrected chi connectivity index (χ3v) is 3.98. The molecule has 0 radical (unpaired) electrons. The second kappa shape index (κ2) is 4.87. The second-order valence-electron chi connectivity index (χ2n) is 5.32. The SMILES string of the molecule is COc1cccc2c1c(C1CN(C)CCN1)cn2C. The quantitative estimate of drug-likeness (QED) is 0.891. The number of likely N-dealkylation sites (N-methyl/N-ethyl adjacent to an activating group) is 1. The van der Waals surface area contributed by atoms with Crippen LogP contribution in [0.4, 0.5) is 0 Å². The largest absolute Gasteiger partial charge is 0.496 e. The van der Waals surface area contributed by atoms with E-state index in [1.54, 1.807) is 7.11 Å². The van der Waals surface area contributed by atoms with E-state index in [4.69, 9.17) is 4.74 Å². The highest BCUT2D eigenvalue weighted by molar-refractivity contribution is 5.90. The lowest BCUT2D eigenvalue weighted by molar-refractivity contribution is 0.241. The monoisotopic (exact) mass is 259 g/mol. The highest BCUT2D eigenvalue weighted by Gasteiger charge is 2.23. The molecule has 1 aliphatic rings. The fourth-order valence-electron chi connectivity index (χ4n) is 2.99. The number of nitrogens with zero attached hydrogens (tertiary/aromatic N) is 2. The molecule has 1 atom stereocenters. The van der Waals surface area contributed by atoms with E-state index in [1.165, 1.54) is 16.5 Å². The number of fused-ring (bicyclic) bond motifs is 1. The minimum absolute atomic E-state index is 0.374. The molecule has 0 saturated carbocycles. The molecule has 4 heteroatoms. The van der Waals surface area contributed by atoms with Gasteiger partial charge in [0, 0.05) is 44.3 Å². The molecule has 4 nitrogen and oxygen atoms in total. The van der Waals surface area contributed by atoms with E-state index in [9.17, 15) is 0 Å². The van der Waals surface area contributed by atoms with Crippen LogP contribution in [0.2, 0.25) is 0 Å². The molecule has 2 aromatic rings. The van der Waals surface area contributed by atoms with Crippen LogP contribution >= 0.6 is 0 Å². The van der Waals surface area contributed by atoms with Gasteiger partial charge in [0.25, 0.3) is 0 Å². The lowest BCUT2D eigenvalue weighted by atomic mass is 10.0. The second-order valence-corrected chi connectivity index (χ2v) is 5.32.